The predicted octanol–water partition coefficient (Wildman–Crippen LogP) is -2.67. The first-order valence-electron chi connectivity index (χ1n) is 10.2. The number of aliphatic hydroxyl groups excluding tert-OH is 1. The number of aromatic amines is 1. The lowest BCUT2D eigenvalue weighted by molar-refractivity contribution is -0.143. The second kappa shape index (κ2) is 13.1. The summed E-state index contributed by atoms with van der Waals surface area (Å²) in [5, 5.41) is 34.5. The summed E-state index contributed by atoms with van der Waals surface area (Å²) in [6, 6.07) is -5.18. The minimum atomic E-state index is -1.51. The van der Waals surface area contributed by atoms with E-state index in [2.05, 4.69) is 25.9 Å². The maximum atomic E-state index is 12.8. The van der Waals surface area contributed by atoms with Crippen LogP contribution < -0.4 is 21.7 Å². The molecule has 0 bridgehead atoms. The Morgan fingerprint density at radius 2 is 1.58 bits per heavy atom. The Kier molecular flexibility index (Phi) is 10.9. The average molecular weight is 470 g/mol. The summed E-state index contributed by atoms with van der Waals surface area (Å²) in [6.07, 6.45) is 1.73. The molecule has 14 nitrogen and oxygen atoms in total. The number of amides is 3. The highest BCUT2D eigenvalue weighted by Gasteiger charge is 2.31. The third kappa shape index (κ3) is 9.24. The van der Waals surface area contributed by atoms with E-state index in [0.29, 0.717) is 5.69 Å². The highest BCUT2D eigenvalue weighted by Crippen LogP contribution is 2.04. The van der Waals surface area contributed by atoms with Crippen LogP contribution in [0.15, 0.2) is 12.5 Å². The number of nitrogens with zero attached hydrogens (tertiary/aromatic N) is 1. The Hall–Kier alpha value is -3.52. The monoisotopic (exact) mass is 470 g/mol. The lowest BCUT2D eigenvalue weighted by Gasteiger charge is -2.24. The Bertz CT molecular complexity index is 828. The number of aliphatic hydroxyl groups is 1. The number of hydrogen-bond acceptors (Lipinski definition) is 8. The molecule has 0 aliphatic carbocycles. The summed E-state index contributed by atoms with van der Waals surface area (Å²) in [5.41, 5.74) is 6.17. The molecular formula is C19H30N6O8. The Morgan fingerprint density at radius 3 is 2.06 bits per heavy atom. The zero-order valence-corrected chi connectivity index (χ0v) is 18.3. The van der Waals surface area contributed by atoms with E-state index in [1.807, 2.05) is 0 Å². The molecule has 0 saturated carbocycles. The first-order valence-corrected chi connectivity index (χ1v) is 10.2. The molecule has 4 atom stereocenters. The molecule has 0 aromatic carbocycles. The summed E-state index contributed by atoms with van der Waals surface area (Å²) in [7, 11) is 0. The molecule has 184 valence electrons. The summed E-state index contributed by atoms with van der Waals surface area (Å²) in [5.74, 6) is -5.40. The number of carboxylic acid groups (broad SMARTS) is 2. The molecule has 14 heteroatoms. The second-order valence-electron chi connectivity index (χ2n) is 7.69. The number of aromatic nitrogens is 2. The van der Waals surface area contributed by atoms with E-state index in [0.717, 1.165) is 0 Å². The molecule has 1 aromatic rings. The highest BCUT2D eigenvalue weighted by atomic mass is 16.4. The number of carboxylic acids is 2. The summed E-state index contributed by atoms with van der Waals surface area (Å²) >= 11 is 0. The van der Waals surface area contributed by atoms with Crippen molar-refractivity contribution in [3.63, 3.8) is 0 Å². The second-order valence-corrected chi connectivity index (χ2v) is 7.69. The lowest BCUT2D eigenvalue weighted by Crippen LogP contribution is -2.59. The highest BCUT2D eigenvalue weighted by molar-refractivity contribution is 5.94. The zero-order chi connectivity index (χ0) is 25.1. The van der Waals surface area contributed by atoms with Crippen molar-refractivity contribution in [1.82, 2.24) is 25.9 Å². The Labute approximate surface area is 189 Å². The fourth-order valence-corrected chi connectivity index (χ4v) is 2.66. The van der Waals surface area contributed by atoms with Crippen LogP contribution in [0.1, 0.15) is 32.4 Å². The van der Waals surface area contributed by atoms with Crippen molar-refractivity contribution in [2.45, 2.75) is 57.3 Å². The van der Waals surface area contributed by atoms with E-state index in [4.69, 9.17) is 10.8 Å². The molecule has 33 heavy (non-hydrogen) atoms. The normalized spacial score (nSPS) is 14.6. The molecule has 1 heterocycles. The third-order valence-electron chi connectivity index (χ3n) is 4.71. The van der Waals surface area contributed by atoms with Crippen LogP contribution in [0.3, 0.4) is 0 Å². The van der Waals surface area contributed by atoms with Crippen LogP contribution in [-0.2, 0) is 30.4 Å². The van der Waals surface area contributed by atoms with E-state index in [-0.39, 0.29) is 18.8 Å². The SMILES string of the molecule is CC(C)C(N)C(=O)NC(CO)C(=O)NC(Cc1cnc[nH]1)C(=O)NC(CCC(=O)O)C(=O)O. The molecule has 0 fully saturated rings. The van der Waals surface area contributed by atoms with Crippen LogP contribution in [0, 0.1) is 5.92 Å². The van der Waals surface area contributed by atoms with E-state index in [1.165, 1.54) is 12.5 Å². The van der Waals surface area contributed by atoms with Crippen LogP contribution in [-0.4, -0.2) is 85.7 Å². The van der Waals surface area contributed by atoms with Gasteiger partial charge in [-0.2, -0.15) is 0 Å². The molecule has 0 saturated heterocycles. The number of H-pyrrole nitrogens is 1. The van der Waals surface area contributed by atoms with Crippen molar-refractivity contribution < 1.29 is 39.3 Å². The number of nitrogens with one attached hydrogen (secondary N) is 4. The number of nitrogens with two attached hydrogens (primary N) is 1. The van der Waals surface area contributed by atoms with Gasteiger partial charge < -0.3 is 42.0 Å². The van der Waals surface area contributed by atoms with Gasteiger partial charge in [0.1, 0.15) is 18.1 Å². The lowest BCUT2D eigenvalue weighted by atomic mass is 10.0. The fourth-order valence-electron chi connectivity index (χ4n) is 2.66. The summed E-state index contributed by atoms with van der Waals surface area (Å²) in [4.78, 5) is 66.3. The van der Waals surface area contributed by atoms with Crippen LogP contribution in [0.25, 0.3) is 0 Å². The van der Waals surface area contributed by atoms with Crippen molar-refractivity contribution in [1.29, 1.82) is 0 Å². The number of carbonyl (C=O) groups excluding carboxylic acids is 3. The standard InChI is InChI=1S/C19H30N6O8/c1-9(2)15(20)18(31)25-13(7-26)17(30)24-12(5-10-6-21-8-22-10)16(29)23-11(19(32)33)3-4-14(27)28/h6,8-9,11-13,15,26H,3-5,7,20H2,1-2H3,(H,21,22)(H,23,29)(H,24,30)(H,25,31)(H,27,28)(H,32,33). The molecule has 9 N–H and O–H groups in total. The molecule has 1 aromatic heterocycles. The van der Waals surface area contributed by atoms with Crippen molar-refractivity contribution >= 4 is 29.7 Å². The molecule has 4 unspecified atom stereocenters. The van der Waals surface area contributed by atoms with E-state index < -0.39 is 66.9 Å². The third-order valence-corrected chi connectivity index (χ3v) is 4.71. The molecule has 1 rings (SSSR count). The van der Waals surface area contributed by atoms with Crippen molar-refractivity contribution in [3.05, 3.63) is 18.2 Å². The van der Waals surface area contributed by atoms with Gasteiger partial charge in [0.15, 0.2) is 0 Å². The van der Waals surface area contributed by atoms with Crippen molar-refractivity contribution in [2.75, 3.05) is 6.61 Å². The van der Waals surface area contributed by atoms with Crippen molar-refractivity contribution in [2.24, 2.45) is 11.7 Å². The number of rotatable bonds is 14. The van der Waals surface area contributed by atoms with Gasteiger partial charge >= 0.3 is 11.9 Å². The smallest absolute Gasteiger partial charge is 0.326 e. The number of imidazole rings is 1. The average Bonchev–Trinajstić information content (AvgIpc) is 3.25. The molecule has 0 spiro atoms. The maximum Gasteiger partial charge on any atom is 0.326 e. The van der Waals surface area contributed by atoms with E-state index in [9.17, 15) is 34.2 Å². The Morgan fingerprint density at radius 1 is 1.00 bits per heavy atom. The van der Waals surface area contributed by atoms with Gasteiger partial charge in [-0.15, -0.1) is 0 Å². The van der Waals surface area contributed by atoms with Gasteiger partial charge in [-0.3, -0.25) is 19.2 Å². The van der Waals surface area contributed by atoms with Crippen LogP contribution in [0.4, 0.5) is 0 Å². The minimum absolute atomic E-state index is 0.125. The molecule has 0 aliphatic heterocycles. The minimum Gasteiger partial charge on any atom is -0.481 e. The maximum absolute atomic E-state index is 12.8. The Balaban J connectivity index is 2.97. The number of hydrogen-bond donors (Lipinski definition) is 8. The number of aliphatic carboxylic acids is 2. The van der Waals surface area contributed by atoms with Gasteiger partial charge in [0, 0.05) is 24.7 Å². The quantitative estimate of drug-likeness (QED) is 0.140. The van der Waals surface area contributed by atoms with Crippen LogP contribution >= 0.6 is 0 Å². The van der Waals surface area contributed by atoms with Crippen molar-refractivity contribution in [3.8, 4) is 0 Å². The van der Waals surface area contributed by atoms with Crippen LogP contribution in [0.5, 0.6) is 0 Å². The fraction of sp³-hybridized carbons (Fsp3) is 0.579. The van der Waals surface area contributed by atoms with E-state index in [1.54, 1.807) is 13.8 Å². The topological polar surface area (TPSA) is 237 Å². The van der Waals surface area contributed by atoms with Gasteiger partial charge in [0.2, 0.25) is 17.7 Å². The van der Waals surface area contributed by atoms with Gasteiger partial charge in [-0.25, -0.2) is 9.78 Å². The largest absolute Gasteiger partial charge is 0.481 e. The molecular weight excluding hydrogens is 440 g/mol. The van der Waals surface area contributed by atoms with Gasteiger partial charge in [0.25, 0.3) is 0 Å². The predicted molar refractivity (Wildman–Crippen MR) is 112 cm³/mol. The van der Waals surface area contributed by atoms with Gasteiger partial charge in [0.05, 0.1) is 19.0 Å². The van der Waals surface area contributed by atoms with E-state index >= 15 is 0 Å². The number of carbonyl (C=O) groups is 5. The van der Waals surface area contributed by atoms with Gasteiger partial charge in [-0.1, -0.05) is 13.8 Å². The van der Waals surface area contributed by atoms with Gasteiger partial charge in [-0.05, 0) is 12.3 Å². The zero-order valence-electron chi connectivity index (χ0n) is 18.3. The molecule has 3 amide bonds. The first-order chi connectivity index (χ1) is 15.5. The van der Waals surface area contributed by atoms with Crippen LogP contribution in [0.2, 0.25) is 0 Å². The first kappa shape index (κ1) is 27.5. The molecule has 0 radical (unpaired) electrons. The summed E-state index contributed by atoms with van der Waals surface area (Å²) in [6.45, 7) is 2.62. The molecule has 0 aliphatic rings. The summed E-state index contributed by atoms with van der Waals surface area (Å²) < 4.78 is 0.